The van der Waals surface area contributed by atoms with Crippen LogP contribution in [0.3, 0.4) is 0 Å². The highest BCUT2D eigenvalue weighted by molar-refractivity contribution is 5.18. The van der Waals surface area contributed by atoms with E-state index >= 15 is 0 Å². The molecule has 0 atom stereocenters. The standard InChI is InChI=1S/C8H15N5/c1-8(2-4-10-5-3-8)6-11-7(9)13-12-6/h10H,2-5H2,1H3,(H3,9,11,12,13). The molecule has 0 aromatic carbocycles. The number of aromatic nitrogens is 3. The predicted molar refractivity (Wildman–Crippen MR) is 50.3 cm³/mol. The molecule has 1 fully saturated rings. The Labute approximate surface area is 77.1 Å². The Kier molecular flexibility index (Phi) is 1.95. The van der Waals surface area contributed by atoms with Gasteiger partial charge in [-0.15, -0.1) is 5.10 Å². The first-order chi connectivity index (χ1) is 6.21. The van der Waals surface area contributed by atoms with Crippen molar-refractivity contribution < 1.29 is 0 Å². The van der Waals surface area contributed by atoms with Crippen LogP contribution < -0.4 is 11.1 Å². The number of hydrogen-bond acceptors (Lipinski definition) is 4. The van der Waals surface area contributed by atoms with E-state index in [1.54, 1.807) is 0 Å². The van der Waals surface area contributed by atoms with Crippen LogP contribution in [0, 0.1) is 0 Å². The molecule has 4 N–H and O–H groups in total. The number of hydrogen-bond donors (Lipinski definition) is 3. The minimum Gasteiger partial charge on any atom is -0.367 e. The van der Waals surface area contributed by atoms with Gasteiger partial charge in [0.25, 0.3) is 0 Å². The topological polar surface area (TPSA) is 79.6 Å². The van der Waals surface area contributed by atoms with Gasteiger partial charge in [-0.2, -0.15) is 4.98 Å². The van der Waals surface area contributed by atoms with Gasteiger partial charge < -0.3 is 11.1 Å². The van der Waals surface area contributed by atoms with Crippen molar-refractivity contribution in [2.45, 2.75) is 25.2 Å². The second-order valence-corrected chi connectivity index (χ2v) is 3.85. The molecule has 0 bridgehead atoms. The molecule has 5 heteroatoms. The monoisotopic (exact) mass is 181 g/mol. The third kappa shape index (κ3) is 1.51. The van der Waals surface area contributed by atoms with Crippen LogP contribution in [0.15, 0.2) is 0 Å². The molecule has 0 saturated carbocycles. The number of H-pyrrole nitrogens is 1. The summed E-state index contributed by atoms with van der Waals surface area (Å²) < 4.78 is 0. The number of aromatic amines is 1. The number of rotatable bonds is 1. The van der Waals surface area contributed by atoms with Gasteiger partial charge in [-0.25, -0.2) is 0 Å². The molecule has 0 radical (unpaired) electrons. The number of nitrogen functional groups attached to an aromatic ring is 1. The van der Waals surface area contributed by atoms with Crippen molar-refractivity contribution in [3.63, 3.8) is 0 Å². The lowest BCUT2D eigenvalue weighted by Crippen LogP contribution is -2.38. The lowest BCUT2D eigenvalue weighted by atomic mass is 9.80. The van der Waals surface area contributed by atoms with E-state index in [2.05, 4.69) is 27.4 Å². The van der Waals surface area contributed by atoms with Crippen molar-refractivity contribution in [1.82, 2.24) is 20.5 Å². The first-order valence-corrected chi connectivity index (χ1v) is 4.60. The Hall–Kier alpha value is -1.10. The summed E-state index contributed by atoms with van der Waals surface area (Å²) in [5.41, 5.74) is 5.60. The molecule has 13 heavy (non-hydrogen) atoms. The average Bonchev–Trinajstić information content (AvgIpc) is 2.54. The largest absolute Gasteiger partial charge is 0.367 e. The van der Waals surface area contributed by atoms with Crippen LogP contribution in [-0.4, -0.2) is 28.3 Å². The molecule has 1 aromatic heterocycles. The Balaban J connectivity index is 2.22. The molecule has 1 aliphatic heterocycles. The molecule has 1 aromatic rings. The van der Waals surface area contributed by atoms with Gasteiger partial charge in [-0.05, 0) is 25.9 Å². The van der Waals surface area contributed by atoms with Crippen molar-refractivity contribution in [1.29, 1.82) is 0 Å². The molecule has 0 amide bonds. The van der Waals surface area contributed by atoms with E-state index in [0.29, 0.717) is 5.95 Å². The number of piperidine rings is 1. The summed E-state index contributed by atoms with van der Waals surface area (Å²) >= 11 is 0. The summed E-state index contributed by atoms with van der Waals surface area (Å²) in [6, 6.07) is 0. The van der Waals surface area contributed by atoms with Crippen LogP contribution in [0.2, 0.25) is 0 Å². The van der Waals surface area contributed by atoms with Crippen molar-refractivity contribution >= 4 is 5.95 Å². The van der Waals surface area contributed by atoms with Crippen molar-refractivity contribution in [3.8, 4) is 0 Å². The highest BCUT2D eigenvalue weighted by Crippen LogP contribution is 2.30. The lowest BCUT2D eigenvalue weighted by Gasteiger charge is -2.31. The highest BCUT2D eigenvalue weighted by Gasteiger charge is 2.31. The van der Waals surface area contributed by atoms with E-state index in [1.165, 1.54) is 0 Å². The van der Waals surface area contributed by atoms with Crippen LogP contribution in [0.5, 0.6) is 0 Å². The van der Waals surface area contributed by atoms with E-state index in [-0.39, 0.29) is 5.41 Å². The Morgan fingerprint density at radius 1 is 1.38 bits per heavy atom. The lowest BCUT2D eigenvalue weighted by molar-refractivity contribution is 0.320. The quantitative estimate of drug-likeness (QED) is 0.571. The number of nitrogens with two attached hydrogens (primary N) is 1. The van der Waals surface area contributed by atoms with Crippen LogP contribution in [0.25, 0.3) is 0 Å². The minimum atomic E-state index is 0.121. The summed E-state index contributed by atoms with van der Waals surface area (Å²) in [5.74, 6) is 1.27. The Bertz CT molecular complexity index is 286. The fraction of sp³-hybridized carbons (Fsp3) is 0.750. The van der Waals surface area contributed by atoms with Gasteiger partial charge >= 0.3 is 0 Å². The third-order valence-electron chi connectivity index (χ3n) is 2.78. The number of anilines is 1. The summed E-state index contributed by atoms with van der Waals surface area (Å²) in [5, 5.41) is 10.1. The van der Waals surface area contributed by atoms with Gasteiger partial charge in [-0.3, -0.25) is 5.10 Å². The molecule has 5 nitrogen and oxygen atoms in total. The first kappa shape index (κ1) is 8.50. The first-order valence-electron chi connectivity index (χ1n) is 4.60. The zero-order valence-corrected chi connectivity index (χ0v) is 7.80. The van der Waals surface area contributed by atoms with Gasteiger partial charge in [0, 0.05) is 5.41 Å². The smallest absolute Gasteiger partial charge is 0.239 e. The number of nitrogens with zero attached hydrogens (tertiary/aromatic N) is 2. The van der Waals surface area contributed by atoms with Crippen molar-refractivity contribution in [2.24, 2.45) is 0 Å². The SMILES string of the molecule is CC1(c2nc(N)n[nH]2)CCNCC1. The second-order valence-electron chi connectivity index (χ2n) is 3.85. The Morgan fingerprint density at radius 2 is 2.08 bits per heavy atom. The zero-order valence-electron chi connectivity index (χ0n) is 7.80. The summed E-state index contributed by atoms with van der Waals surface area (Å²) in [4.78, 5) is 4.19. The van der Waals surface area contributed by atoms with E-state index in [0.717, 1.165) is 31.8 Å². The molecule has 2 heterocycles. The van der Waals surface area contributed by atoms with Gasteiger partial charge in [0.15, 0.2) is 0 Å². The van der Waals surface area contributed by atoms with Gasteiger partial charge in [-0.1, -0.05) is 6.92 Å². The van der Waals surface area contributed by atoms with E-state index in [4.69, 9.17) is 5.73 Å². The molecule has 1 saturated heterocycles. The van der Waals surface area contributed by atoms with Crippen LogP contribution in [-0.2, 0) is 5.41 Å². The maximum Gasteiger partial charge on any atom is 0.239 e. The van der Waals surface area contributed by atoms with Gasteiger partial charge in [0.2, 0.25) is 5.95 Å². The molecule has 1 aliphatic rings. The van der Waals surface area contributed by atoms with E-state index in [1.807, 2.05) is 0 Å². The molecule has 72 valence electrons. The maximum atomic E-state index is 5.48. The van der Waals surface area contributed by atoms with Crippen LogP contribution in [0.4, 0.5) is 5.95 Å². The Morgan fingerprint density at radius 3 is 2.62 bits per heavy atom. The predicted octanol–water partition coefficient (Wildman–Crippen LogP) is 0.0280. The fourth-order valence-electron chi connectivity index (χ4n) is 1.76. The summed E-state index contributed by atoms with van der Waals surface area (Å²) in [7, 11) is 0. The zero-order chi connectivity index (χ0) is 9.31. The van der Waals surface area contributed by atoms with Crippen LogP contribution >= 0.6 is 0 Å². The van der Waals surface area contributed by atoms with Crippen molar-refractivity contribution in [2.75, 3.05) is 18.8 Å². The molecule has 2 rings (SSSR count). The average molecular weight is 181 g/mol. The summed E-state index contributed by atoms with van der Waals surface area (Å²) in [6.07, 6.45) is 2.17. The maximum absolute atomic E-state index is 5.48. The third-order valence-corrected chi connectivity index (χ3v) is 2.78. The molecular formula is C8H15N5. The molecular weight excluding hydrogens is 166 g/mol. The van der Waals surface area contributed by atoms with Gasteiger partial charge in [0.1, 0.15) is 5.82 Å². The summed E-state index contributed by atoms with van der Waals surface area (Å²) in [6.45, 7) is 4.28. The highest BCUT2D eigenvalue weighted by atomic mass is 15.3. The fourth-order valence-corrected chi connectivity index (χ4v) is 1.76. The normalized spacial score (nSPS) is 21.6. The molecule has 0 aliphatic carbocycles. The van der Waals surface area contributed by atoms with Crippen molar-refractivity contribution in [3.05, 3.63) is 5.82 Å². The minimum absolute atomic E-state index is 0.121. The van der Waals surface area contributed by atoms with Gasteiger partial charge in [0.05, 0.1) is 0 Å². The number of nitrogens with one attached hydrogen (secondary N) is 2. The van der Waals surface area contributed by atoms with E-state index in [9.17, 15) is 0 Å². The second kappa shape index (κ2) is 2.99. The van der Waals surface area contributed by atoms with E-state index < -0.39 is 0 Å². The molecule has 0 spiro atoms. The van der Waals surface area contributed by atoms with Crippen LogP contribution in [0.1, 0.15) is 25.6 Å². The molecule has 0 unspecified atom stereocenters.